The number of pyridine rings is 1. The van der Waals surface area contributed by atoms with E-state index < -0.39 is 6.10 Å². The van der Waals surface area contributed by atoms with Crippen molar-refractivity contribution in [2.75, 3.05) is 7.11 Å². The second-order valence-electron chi connectivity index (χ2n) is 3.86. The minimum atomic E-state index is -0.484. The van der Waals surface area contributed by atoms with Crippen LogP contribution in [-0.4, -0.2) is 17.2 Å². The van der Waals surface area contributed by atoms with Gasteiger partial charge in [-0.15, -0.1) is 0 Å². The summed E-state index contributed by atoms with van der Waals surface area (Å²) in [6.07, 6.45) is 1.21. The molecule has 2 rings (SSSR count). The van der Waals surface area contributed by atoms with Gasteiger partial charge in [-0.3, -0.25) is 0 Å². The Morgan fingerprint density at radius 3 is 2.61 bits per heavy atom. The monoisotopic (exact) mass is 261 g/mol. The molecule has 1 atom stereocenters. The number of hydrogen-bond donors (Lipinski definition) is 1. The van der Waals surface area contributed by atoms with Crippen LogP contribution in [0.15, 0.2) is 52.5 Å². The SMILES string of the molecule is COc1ccccc1Sc1ccc([C@H](C)O)cn1. The molecule has 18 heavy (non-hydrogen) atoms. The van der Waals surface area contributed by atoms with Gasteiger partial charge in [-0.1, -0.05) is 30.0 Å². The Morgan fingerprint density at radius 1 is 1.22 bits per heavy atom. The zero-order valence-electron chi connectivity index (χ0n) is 10.3. The number of ether oxygens (including phenoxy) is 1. The first-order valence-corrected chi connectivity index (χ1v) is 6.47. The summed E-state index contributed by atoms with van der Waals surface area (Å²) >= 11 is 1.54. The summed E-state index contributed by atoms with van der Waals surface area (Å²) < 4.78 is 5.29. The molecule has 2 aromatic rings. The maximum atomic E-state index is 9.42. The van der Waals surface area contributed by atoms with E-state index in [4.69, 9.17) is 4.74 Å². The van der Waals surface area contributed by atoms with Gasteiger partial charge in [0.2, 0.25) is 0 Å². The predicted octanol–water partition coefficient (Wildman–Crippen LogP) is 3.29. The molecule has 1 N–H and O–H groups in total. The van der Waals surface area contributed by atoms with Crippen LogP contribution in [0.1, 0.15) is 18.6 Å². The molecule has 94 valence electrons. The fraction of sp³-hybridized carbons (Fsp3) is 0.214. The average Bonchev–Trinajstić information content (AvgIpc) is 2.40. The lowest BCUT2D eigenvalue weighted by atomic mass is 10.2. The fourth-order valence-corrected chi connectivity index (χ4v) is 2.38. The molecule has 0 aliphatic rings. The lowest BCUT2D eigenvalue weighted by Crippen LogP contribution is -1.92. The van der Waals surface area contributed by atoms with Crippen LogP contribution in [0.2, 0.25) is 0 Å². The minimum absolute atomic E-state index is 0.484. The van der Waals surface area contributed by atoms with Gasteiger partial charge in [0, 0.05) is 6.20 Å². The van der Waals surface area contributed by atoms with Gasteiger partial charge in [-0.2, -0.15) is 0 Å². The van der Waals surface area contributed by atoms with E-state index in [9.17, 15) is 5.11 Å². The van der Waals surface area contributed by atoms with Crippen LogP contribution in [-0.2, 0) is 0 Å². The van der Waals surface area contributed by atoms with Crippen LogP contribution in [0, 0.1) is 0 Å². The number of nitrogens with zero attached hydrogens (tertiary/aromatic N) is 1. The quantitative estimate of drug-likeness (QED) is 0.917. The highest BCUT2D eigenvalue weighted by atomic mass is 32.2. The third-order valence-corrected chi connectivity index (χ3v) is 3.53. The van der Waals surface area contributed by atoms with E-state index in [0.717, 1.165) is 21.2 Å². The summed E-state index contributed by atoms with van der Waals surface area (Å²) in [6.45, 7) is 1.73. The number of hydrogen-bond acceptors (Lipinski definition) is 4. The van der Waals surface area contributed by atoms with Crippen molar-refractivity contribution < 1.29 is 9.84 Å². The van der Waals surface area contributed by atoms with Gasteiger partial charge in [-0.25, -0.2) is 4.98 Å². The van der Waals surface area contributed by atoms with Gasteiger partial charge in [0.05, 0.1) is 18.1 Å². The van der Waals surface area contributed by atoms with E-state index in [-0.39, 0.29) is 0 Å². The van der Waals surface area contributed by atoms with Crippen molar-refractivity contribution in [3.05, 3.63) is 48.2 Å². The van der Waals surface area contributed by atoms with E-state index in [0.29, 0.717) is 0 Å². The highest BCUT2D eigenvalue weighted by Crippen LogP contribution is 2.33. The van der Waals surface area contributed by atoms with E-state index in [1.165, 1.54) is 0 Å². The number of aromatic nitrogens is 1. The van der Waals surface area contributed by atoms with Crippen molar-refractivity contribution in [3.63, 3.8) is 0 Å². The van der Waals surface area contributed by atoms with Crippen LogP contribution in [0.5, 0.6) is 5.75 Å². The van der Waals surface area contributed by atoms with Crippen LogP contribution in [0.25, 0.3) is 0 Å². The summed E-state index contributed by atoms with van der Waals surface area (Å²) in [5.74, 6) is 0.837. The lowest BCUT2D eigenvalue weighted by Gasteiger charge is -2.08. The van der Waals surface area contributed by atoms with Crippen molar-refractivity contribution >= 4 is 11.8 Å². The minimum Gasteiger partial charge on any atom is -0.496 e. The molecule has 0 bridgehead atoms. The maximum Gasteiger partial charge on any atom is 0.132 e. The smallest absolute Gasteiger partial charge is 0.132 e. The number of aliphatic hydroxyl groups excluding tert-OH is 1. The van der Waals surface area contributed by atoms with Gasteiger partial charge in [-0.05, 0) is 30.7 Å². The molecule has 0 radical (unpaired) electrons. The molecular formula is C14H15NO2S. The molecule has 0 aliphatic heterocycles. The molecule has 1 aromatic heterocycles. The zero-order valence-corrected chi connectivity index (χ0v) is 11.1. The summed E-state index contributed by atoms with van der Waals surface area (Å²) in [5.41, 5.74) is 0.819. The average molecular weight is 261 g/mol. The normalized spacial score (nSPS) is 12.2. The molecule has 0 unspecified atom stereocenters. The number of benzene rings is 1. The Balaban J connectivity index is 2.18. The van der Waals surface area contributed by atoms with Crippen molar-refractivity contribution in [3.8, 4) is 5.75 Å². The van der Waals surface area contributed by atoms with Crippen LogP contribution >= 0.6 is 11.8 Å². The molecule has 0 fully saturated rings. The largest absolute Gasteiger partial charge is 0.496 e. The number of rotatable bonds is 4. The number of para-hydroxylation sites is 1. The fourth-order valence-electron chi connectivity index (χ4n) is 1.52. The molecular weight excluding hydrogens is 246 g/mol. The topological polar surface area (TPSA) is 42.4 Å². The molecule has 4 heteroatoms. The summed E-state index contributed by atoms with van der Waals surface area (Å²) in [5, 5.41) is 10.3. The van der Waals surface area contributed by atoms with Crippen molar-refractivity contribution in [2.24, 2.45) is 0 Å². The first kappa shape index (κ1) is 12.9. The standard InChI is InChI=1S/C14H15NO2S/c1-10(16)11-7-8-14(15-9-11)18-13-6-4-3-5-12(13)17-2/h3-10,16H,1-2H3/t10-/m0/s1. The van der Waals surface area contributed by atoms with E-state index in [1.54, 1.807) is 32.0 Å². The van der Waals surface area contributed by atoms with Gasteiger partial charge < -0.3 is 9.84 Å². The molecule has 3 nitrogen and oxygen atoms in total. The third-order valence-electron chi connectivity index (χ3n) is 2.53. The van der Waals surface area contributed by atoms with Crippen LogP contribution in [0.4, 0.5) is 0 Å². The van der Waals surface area contributed by atoms with Crippen LogP contribution < -0.4 is 4.74 Å². The second-order valence-corrected chi connectivity index (χ2v) is 4.92. The summed E-state index contributed by atoms with van der Waals surface area (Å²) in [4.78, 5) is 5.34. The highest BCUT2D eigenvalue weighted by Gasteiger charge is 2.06. The van der Waals surface area contributed by atoms with Gasteiger partial charge in [0.1, 0.15) is 10.8 Å². The molecule has 1 heterocycles. The molecule has 0 spiro atoms. The zero-order chi connectivity index (χ0) is 13.0. The highest BCUT2D eigenvalue weighted by molar-refractivity contribution is 7.99. The van der Waals surface area contributed by atoms with Gasteiger partial charge in [0.25, 0.3) is 0 Å². The Bertz CT molecular complexity index is 511. The van der Waals surface area contributed by atoms with Crippen molar-refractivity contribution in [2.45, 2.75) is 22.9 Å². The first-order valence-electron chi connectivity index (χ1n) is 5.65. The molecule has 1 aromatic carbocycles. The lowest BCUT2D eigenvalue weighted by molar-refractivity contribution is 0.198. The van der Waals surface area contributed by atoms with Gasteiger partial charge in [0.15, 0.2) is 0 Å². The van der Waals surface area contributed by atoms with Gasteiger partial charge >= 0.3 is 0 Å². The molecule has 0 aliphatic carbocycles. The maximum absolute atomic E-state index is 9.42. The van der Waals surface area contributed by atoms with E-state index in [2.05, 4.69) is 4.98 Å². The molecule has 0 saturated carbocycles. The second kappa shape index (κ2) is 5.89. The predicted molar refractivity (Wildman–Crippen MR) is 72.0 cm³/mol. The number of methoxy groups -OCH3 is 1. The van der Waals surface area contributed by atoms with Crippen LogP contribution in [0.3, 0.4) is 0 Å². The Morgan fingerprint density at radius 2 is 2.00 bits per heavy atom. The Hall–Kier alpha value is -1.52. The summed E-state index contributed by atoms with van der Waals surface area (Å²) in [7, 11) is 1.66. The third kappa shape index (κ3) is 3.03. The first-order chi connectivity index (χ1) is 8.70. The number of aliphatic hydroxyl groups is 1. The Kier molecular flexibility index (Phi) is 4.23. The van der Waals surface area contributed by atoms with E-state index >= 15 is 0 Å². The molecule has 0 amide bonds. The van der Waals surface area contributed by atoms with Crippen molar-refractivity contribution in [1.29, 1.82) is 0 Å². The van der Waals surface area contributed by atoms with E-state index in [1.807, 2.05) is 36.4 Å². The van der Waals surface area contributed by atoms with Crippen molar-refractivity contribution in [1.82, 2.24) is 4.98 Å². The molecule has 0 saturated heterocycles. The summed E-state index contributed by atoms with van der Waals surface area (Å²) in [6, 6.07) is 11.6. The Labute approximate surface area is 111 Å².